The highest BCUT2D eigenvalue weighted by Gasteiger charge is 2.22. The Kier molecular flexibility index (Phi) is 3.29. The number of fused-ring (bicyclic) bond motifs is 1. The number of aliphatic hydroxyl groups is 1. The van der Waals surface area contributed by atoms with E-state index in [2.05, 4.69) is 15.3 Å². The fraction of sp³-hybridized carbons (Fsp3) is 0.429. The summed E-state index contributed by atoms with van der Waals surface area (Å²) in [6.07, 6.45) is 3.91. The second-order valence-electron chi connectivity index (χ2n) is 5.07. The Balaban J connectivity index is 1.79. The molecule has 1 aromatic carbocycles. The van der Waals surface area contributed by atoms with E-state index in [4.69, 9.17) is 0 Å². The zero-order valence-electron chi connectivity index (χ0n) is 10.5. The van der Waals surface area contributed by atoms with Gasteiger partial charge in [0.25, 0.3) is 0 Å². The summed E-state index contributed by atoms with van der Waals surface area (Å²) in [5.74, 6) is 0.777. The van der Waals surface area contributed by atoms with E-state index in [1.165, 1.54) is 12.4 Å². The zero-order chi connectivity index (χ0) is 13.2. The molecule has 2 atom stereocenters. The molecule has 0 aliphatic heterocycles. The van der Waals surface area contributed by atoms with Gasteiger partial charge < -0.3 is 10.4 Å². The van der Waals surface area contributed by atoms with Gasteiger partial charge in [0.05, 0.1) is 6.10 Å². The third-order valence-electron chi connectivity index (χ3n) is 3.69. The van der Waals surface area contributed by atoms with E-state index in [-0.39, 0.29) is 11.9 Å². The van der Waals surface area contributed by atoms with Gasteiger partial charge in [0, 0.05) is 11.9 Å². The number of rotatable bonds is 3. The van der Waals surface area contributed by atoms with Gasteiger partial charge >= 0.3 is 0 Å². The van der Waals surface area contributed by atoms with Gasteiger partial charge in [-0.05, 0) is 37.3 Å². The first-order valence-electron chi connectivity index (χ1n) is 6.55. The highest BCUT2D eigenvalue weighted by Crippen LogP contribution is 2.27. The lowest BCUT2D eigenvalue weighted by Crippen LogP contribution is -2.13. The first-order chi connectivity index (χ1) is 9.24. The highest BCUT2D eigenvalue weighted by molar-refractivity contribution is 5.89. The summed E-state index contributed by atoms with van der Waals surface area (Å²) < 4.78 is 13.6. The average molecular weight is 261 g/mol. The van der Waals surface area contributed by atoms with Crippen molar-refractivity contribution in [3.8, 4) is 0 Å². The Labute approximate surface area is 110 Å². The lowest BCUT2D eigenvalue weighted by atomic mass is 10.1. The van der Waals surface area contributed by atoms with Crippen LogP contribution in [-0.2, 0) is 0 Å². The van der Waals surface area contributed by atoms with Crippen LogP contribution in [0, 0.1) is 11.7 Å². The summed E-state index contributed by atoms with van der Waals surface area (Å²) in [6.45, 7) is 0.750. The lowest BCUT2D eigenvalue weighted by Gasteiger charge is -2.12. The molecule has 1 aliphatic carbocycles. The van der Waals surface area contributed by atoms with Gasteiger partial charge in [0.2, 0.25) is 0 Å². The molecule has 3 rings (SSSR count). The summed E-state index contributed by atoms with van der Waals surface area (Å²) in [4.78, 5) is 8.14. The molecule has 4 nitrogen and oxygen atoms in total. The third-order valence-corrected chi connectivity index (χ3v) is 3.69. The minimum Gasteiger partial charge on any atom is -0.393 e. The first kappa shape index (κ1) is 12.3. The summed E-state index contributed by atoms with van der Waals surface area (Å²) in [5.41, 5.74) is 0.339. The van der Waals surface area contributed by atoms with Gasteiger partial charge in [0.15, 0.2) is 0 Å². The standard InChI is InChI=1S/C14H16FN3O/c15-12-3-1-2-11-13(12)17-8-18-14(11)16-7-9-4-5-10(19)6-9/h1-3,8-10,19H,4-7H2,(H,16,17,18). The van der Waals surface area contributed by atoms with E-state index < -0.39 is 0 Å². The Bertz CT molecular complexity index is 590. The van der Waals surface area contributed by atoms with Gasteiger partial charge in [-0.2, -0.15) is 0 Å². The molecule has 2 N–H and O–H groups in total. The second-order valence-corrected chi connectivity index (χ2v) is 5.07. The predicted octanol–water partition coefficient (Wildman–Crippen LogP) is 2.34. The molecule has 1 aliphatic rings. The van der Waals surface area contributed by atoms with Crippen LogP contribution >= 0.6 is 0 Å². The third kappa shape index (κ3) is 2.51. The van der Waals surface area contributed by atoms with Crippen molar-refractivity contribution >= 4 is 16.7 Å². The molecule has 1 aromatic heterocycles. The molecule has 100 valence electrons. The molecule has 2 aromatic rings. The Morgan fingerprint density at radius 2 is 2.21 bits per heavy atom. The van der Waals surface area contributed by atoms with Crippen molar-refractivity contribution in [2.45, 2.75) is 25.4 Å². The fourth-order valence-corrected chi connectivity index (χ4v) is 2.67. The van der Waals surface area contributed by atoms with E-state index in [0.717, 1.165) is 25.8 Å². The van der Waals surface area contributed by atoms with E-state index >= 15 is 0 Å². The SMILES string of the molecule is OC1CCC(CNc2ncnc3c(F)cccc23)C1. The highest BCUT2D eigenvalue weighted by atomic mass is 19.1. The maximum absolute atomic E-state index is 13.6. The molecule has 1 heterocycles. The van der Waals surface area contributed by atoms with Crippen molar-refractivity contribution in [1.82, 2.24) is 9.97 Å². The number of anilines is 1. The predicted molar refractivity (Wildman–Crippen MR) is 71.3 cm³/mol. The molecule has 19 heavy (non-hydrogen) atoms. The maximum atomic E-state index is 13.6. The lowest BCUT2D eigenvalue weighted by molar-refractivity contribution is 0.178. The van der Waals surface area contributed by atoms with Gasteiger partial charge in [-0.15, -0.1) is 0 Å². The smallest absolute Gasteiger partial charge is 0.149 e. The molecular formula is C14H16FN3O. The van der Waals surface area contributed by atoms with Crippen LogP contribution in [0.3, 0.4) is 0 Å². The van der Waals surface area contributed by atoms with Crippen LogP contribution in [0.1, 0.15) is 19.3 Å². The monoisotopic (exact) mass is 261 g/mol. The minimum atomic E-state index is -0.334. The fourth-order valence-electron chi connectivity index (χ4n) is 2.67. The summed E-state index contributed by atoms with van der Waals surface area (Å²) in [7, 11) is 0. The topological polar surface area (TPSA) is 58.0 Å². The average Bonchev–Trinajstić information content (AvgIpc) is 2.83. The summed E-state index contributed by atoms with van der Waals surface area (Å²) >= 11 is 0. The van der Waals surface area contributed by atoms with Gasteiger partial charge in [-0.3, -0.25) is 0 Å². The van der Waals surface area contributed by atoms with Crippen molar-refractivity contribution in [1.29, 1.82) is 0 Å². The number of nitrogens with one attached hydrogen (secondary N) is 1. The summed E-state index contributed by atoms with van der Waals surface area (Å²) in [6, 6.07) is 4.86. The van der Waals surface area contributed by atoms with Crippen molar-refractivity contribution in [3.05, 3.63) is 30.3 Å². The summed E-state index contributed by atoms with van der Waals surface area (Å²) in [5, 5.41) is 13.4. The molecule has 0 radical (unpaired) electrons. The molecule has 1 saturated carbocycles. The molecule has 1 fully saturated rings. The number of hydrogen-bond acceptors (Lipinski definition) is 4. The molecule has 0 bridgehead atoms. The number of benzene rings is 1. The van der Waals surface area contributed by atoms with Gasteiger partial charge in [-0.1, -0.05) is 6.07 Å². The Hall–Kier alpha value is -1.75. The molecule has 2 unspecified atom stereocenters. The minimum absolute atomic E-state index is 0.175. The number of aliphatic hydroxyl groups excluding tert-OH is 1. The van der Waals surface area contributed by atoms with E-state index in [9.17, 15) is 9.50 Å². The van der Waals surface area contributed by atoms with Crippen LogP contribution in [-0.4, -0.2) is 27.7 Å². The molecular weight excluding hydrogens is 245 g/mol. The largest absolute Gasteiger partial charge is 0.393 e. The van der Waals surface area contributed by atoms with Crippen LogP contribution in [0.4, 0.5) is 10.2 Å². The van der Waals surface area contributed by atoms with E-state index in [1.807, 2.05) is 6.07 Å². The Morgan fingerprint density at radius 1 is 1.32 bits per heavy atom. The molecule has 0 spiro atoms. The van der Waals surface area contributed by atoms with Crippen LogP contribution < -0.4 is 5.32 Å². The first-order valence-corrected chi connectivity index (χ1v) is 6.55. The number of nitrogens with zero attached hydrogens (tertiary/aromatic N) is 2. The number of aromatic nitrogens is 2. The molecule has 0 saturated heterocycles. The van der Waals surface area contributed by atoms with Crippen LogP contribution in [0.2, 0.25) is 0 Å². The second kappa shape index (κ2) is 5.09. The van der Waals surface area contributed by atoms with E-state index in [0.29, 0.717) is 22.6 Å². The van der Waals surface area contributed by atoms with Crippen molar-refractivity contribution in [2.75, 3.05) is 11.9 Å². The van der Waals surface area contributed by atoms with Gasteiger partial charge in [0.1, 0.15) is 23.5 Å². The molecule has 0 amide bonds. The number of hydrogen-bond donors (Lipinski definition) is 2. The maximum Gasteiger partial charge on any atom is 0.149 e. The number of para-hydroxylation sites is 1. The zero-order valence-corrected chi connectivity index (χ0v) is 10.5. The van der Waals surface area contributed by atoms with Crippen LogP contribution in [0.25, 0.3) is 10.9 Å². The van der Waals surface area contributed by atoms with Crippen molar-refractivity contribution < 1.29 is 9.50 Å². The van der Waals surface area contributed by atoms with E-state index in [1.54, 1.807) is 6.07 Å². The Morgan fingerprint density at radius 3 is 3.00 bits per heavy atom. The van der Waals surface area contributed by atoms with Crippen molar-refractivity contribution in [3.63, 3.8) is 0 Å². The normalized spacial score (nSPS) is 22.8. The number of halogens is 1. The van der Waals surface area contributed by atoms with Crippen molar-refractivity contribution in [2.24, 2.45) is 5.92 Å². The quantitative estimate of drug-likeness (QED) is 0.890. The van der Waals surface area contributed by atoms with Crippen LogP contribution in [0.5, 0.6) is 0 Å². The molecule has 5 heteroatoms. The van der Waals surface area contributed by atoms with Crippen LogP contribution in [0.15, 0.2) is 24.5 Å². The van der Waals surface area contributed by atoms with Gasteiger partial charge in [-0.25, -0.2) is 14.4 Å².